The van der Waals surface area contributed by atoms with E-state index in [0.717, 1.165) is 11.3 Å². The van der Waals surface area contributed by atoms with Gasteiger partial charge in [-0.3, -0.25) is 19.3 Å². The van der Waals surface area contributed by atoms with E-state index in [1.807, 2.05) is 61.5 Å². The van der Waals surface area contributed by atoms with Crippen LogP contribution in [0.1, 0.15) is 37.3 Å². The molecule has 9 nitrogen and oxygen atoms in total. The quantitative estimate of drug-likeness (QED) is 0.293. The molecule has 4 aromatic rings. The Kier molecular flexibility index (Phi) is 8.21. The first kappa shape index (κ1) is 27.3. The molecule has 200 valence electrons. The van der Waals surface area contributed by atoms with Gasteiger partial charge in [0.15, 0.2) is 5.69 Å². The number of hydrogen-bond donors (Lipinski definition) is 3. The summed E-state index contributed by atoms with van der Waals surface area (Å²) in [5.74, 6) is -2.57. The maximum absolute atomic E-state index is 14.0. The molecular formula is C28H27FN6O3S. The summed E-state index contributed by atoms with van der Waals surface area (Å²) >= 11 is 0.700. The first-order valence-corrected chi connectivity index (χ1v) is 12.7. The summed E-state index contributed by atoms with van der Waals surface area (Å²) in [7, 11) is 3.77. The van der Waals surface area contributed by atoms with Crippen molar-refractivity contribution in [2.45, 2.75) is 12.6 Å². The minimum absolute atomic E-state index is 0.0705. The predicted molar refractivity (Wildman–Crippen MR) is 150 cm³/mol. The van der Waals surface area contributed by atoms with Crippen LogP contribution in [-0.2, 0) is 11.3 Å². The number of primary amides is 1. The van der Waals surface area contributed by atoms with E-state index in [1.165, 1.54) is 29.2 Å². The summed E-state index contributed by atoms with van der Waals surface area (Å²) < 4.78 is 17.8. The summed E-state index contributed by atoms with van der Waals surface area (Å²) in [5, 5.41) is 2.91. The van der Waals surface area contributed by atoms with Crippen molar-refractivity contribution in [1.29, 1.82) is 0 Å². The highest BCUT2D eigenvalue weighted by Gasteiger charge is 2.36. The lowest BCUT2D eigenvalue weighted by atomic mass is 10.0. The van der Waals surface area contributed by atoms with Gasteiger partial charge in [-0.25, -0.2) is 4.39 Å². The fraction of sp³-hybridized carbons (Fsp3) is 0.143. The molecule has 0 radical (unpaired) electrons. The molecule has 0 aliphatic heterocycles. The van der Waals surface area contributed by atoms with Crippen molar-refractivity contribution in [3.05, 3.63) is 106 Å². The van der Waals surface area contributed by atoms with Gasteiger partial charge in [0.1, 0.15) is 16.7 Å². The molecule has 0 unspecified atom stereocenters. The molecule has 3 aromatic carbocycles. The Bertz CT molecular complexity index is 1470. The van der Waals surface area contributed by atoms with Crippen molar-refractivity contribution in [2.75, 3.05) is 29.6 Å². The molecular weight excluding hydrogens is 519 g/mol. The SMILES string of the molecule is CN(C)c1ccc([C@@H](C(=O)NCc2ccccc2)N(C(=O)c2snc(C(N)=O)c2N)c2ccc(F)cc2)cc1. The number of anilines is 3. The lowest BCUT2D eigenvalue weighted by Gasteiger charge is -2.31. The molecule has 0 aliphatic carbocycles. The van der Waals surface area contributed by atoms with Crippen LogP contribution in [0.2, 0.25) is 0 Å². The second-order valence-electron chi connectivity index (χ2n) is 8.88. The average molecular weight is 547 g/mol. The Balaban J connectivity index is 1.83. The summed E-state index contributed by atoms with van der Waals surface area (Å²) in [6, 6.07) is 20.5. The molecule has 0 saturated carbocycles. The van der Waals surface area contributed by atoms with E-state index in [-0.39, 0.29) is 28.5 Å². The molecule has 0 saturated heterocycles. The van der Waals surface area contributed by atoms with Crippen LogP contribution in [-0.4, -0.2) is 36.2 Å². The molecule has 0 bridgehead atoms. The molecule has 1 atom stereocenters. The van der Waals surface area contributed by atoms with Crippen LogP contribution in [0.4, 0.5) is 21.5 Å². The maximum atomic E-state index is 14.0. The van der Waals surface area contributed by atoms with Gasteiger partial charge < -0.3 is 21.7 Å². The smallest absolute Gasteiger partial charge is 0.273 e. The number of nitrogens with two attached hydrogens (primary N) is 2. The molecule has 11 heteroatoms. The third-order valence-corrected chi connectivity index (χ3v) is 6.87. The lowest BCUT2D eigenvalue weighted by molar-refractivity contribution is -0.122. The molecule has 3 amide bonds. The van der Waals surface area contributed by atoms with Gasteiger partial charge in [-0.2, -0.15) is 4.37 Å². The number of carbonyl (C=O) groups is 3. The van der Waals surface area contributed by atoms with Crippen molar-refractivity contribution < 1.29 is 18.8 Å². The van der Waals surface area contributed by atoms with Crippen LogP contribution in [0, 0.1) is 5.82 Å². The number of rotatable bonds is 9. The topological polar surface area (TPSA) is 135 Å². The zero-order valence-electron chi connectivity index (χ0n) is 21.3. The number of hydrogen-bond acceptors (Lipinski definition) is 7. The zero-order chi connectivity index (χ0) is 28.1. The number of carbonyl (C=O) groups excluding carboxylic acids is 3. The van der Waals surface area contributed by atoms with Gasteiger partial charge in [0.25, 0.3) is 11.8 Å². The summed E-state index contributed by atoms with van der Waals surface area (Å²) in [6.07, 6.45) is 0. The molecule has 0 spiro atoms. The number of nitrogens with zero attached hydrogens (tertiary/aromatic N) is 3. The van der Waals surface area contributed by atoms with Gasteiger partial charge >= 0.3 is 0 Å². The minimum atomic E-state index is -1.18. The van der Waals surface area contributed by atoms with E-state index in [4.69, 9.17) is 11.5 Å². The fourth-order valence-corrected chi connectivity index (χ4v) is 4.72. The Morgan fingerprint density at radius 1 is 0.949 bits per heavy atom. The number of halogens is 1. The van der Waals surface area contributed by atoms with E-state index in [0.29, 0.717) is 17.1 Å². The highest BCUT2D eigenvalue weighted by Crippen LogP contribution is 2.34. The van der Waals surface area contributed by atoms with Crippen molar-refractivity contribution in [1.82, 2.24) is 9.69 Å². The van der Waals surface area contributed by atoms with E-state index < -0.39 is 29.6 Å². The van der Waals surface area contributed by atoms with E-state index in [1.54, 1.807) is 12.1 Å². The average Bonchev–Trinajstić information content (AvgIpc) is 3.33. The van der Waals surface area contributed by atoms with Crippen LogP contribution in [0.15, 0.2) is 78.9 Å². The van der Waals surface area contributed by atoms with E-state index >= 15 is 0 Å². The normalized spacial score (nSPS) is 11.5. The first-order valence-electron chi connectivity index (χ1n) is 11.9. The van der Waals surface area contributed by atoms with Crippen LogP contribution >= 0.6 is 11.5 Å². The van der Waals surface area contributed by atoms with E-state index in [9.17, 15) is 18.8 Å². The first-order chi connectivity index (χ1) is 18.7. The highest BCUT2D eigenvalue weighted by molar-refractivity contribution is 7.09. The molecule has 1 heterocycles. The van der Waals surface area contributed by atoms with Crippen LogP contribution < -0.4 is 26.6 Å². The Hall–Kier alpha value is -4.77. The van der Waals surface area contributed by atoms with Crippen molar-refractivity contribution in [3.8, 4) is 0 Å². The van der Waals surface area contributed by atoms with Crippen LogP contribution in [0.3, 0.4) is 0 Å². The van der Waals surface area contributed by atoms with Crippen molar-refractivity contribution in [2.24, 2.45) is 5.73 Å². The highest BCUT2D eigenvalue weighted by atomic mass is 32.1. The van der Waals surface area contributed by atoms with Gasteiger partial charge in [-0.05, 0) is 59.1 Å². The second-order valence-corrected chi connectivity index (χ2v) is 9.66. The molecule has 0 fully saturated rings. The third kappa shape index (κ3) is 6.04. The number of aromatic nitrogens is 1. The van der Waals surface area contributed by atoms with Gasteiger partial charge in [-0.1, -0.05) is 42.5 Å². The third-order valence-electron chi connectivity index (χ3n) is 6.02. The molecule has 1 aromatic heterocycles. The number of benzene rings is 3. The monoisotopic (exact) mass is 546 g/mol. The second kappa shape index (κ2) is 11.7. The maximum Gasteiger partial charge on any atom is 0.273 e. The van der Waals surface area contributed by atoms with Gasteiger partial charge in [0.05, 0.1) is 5.69 Å². The molecule has 5 N–H and O–H groups in total. The zero-order valence-corrected chi connectivity index (χ0v) is 22.1. The Morgan fingerprint density at radius 2 is 1.56 bits per heavy atom. The molecule has 4 rings (SSSR count). The molecule has 39 heavy (non-hydrogen) atoms. The van der Waals surface area contributed by atoms with Gasteiger partial charge in [0.2, 0.25) is 5.91 Å². The lowest BCUT2D eigenvalue weighted by Crippen LogP contribution is -2.44. The summed E-state index contributed by atoms with van der Waals surface area (Å²) in [6.45, 7) is 0.214. The Morgan fingerprint density at radius 3 is 2.13 bits per heavy atom. The standard InChI is InChI=1S/C28H27FN6O3S/c1-34(2)20-12-8-18(9-13-20)24(27(37)32-16-17-6-4-3-5-7-17)35(21-14-10-19(29)11-15-21)28(38)25-22(30)23(26(31)36)33-39-25/h3-15,24H,16,30H2,1-2H3,(H2,31,36)(H,32,37)/t24-/m0/s1. The minimum Gasteiger partial charge on any atom is -0.395 e. The van der Waals surface area contributed by atoms with Gasteiger partial charge in [-0.15, -0.1) is 0 Å². The number of amides is 3. The number of nitrogen functional groups attached to an aromatic ring is 1. The summed E-state index contributed by atoms with van der Waals surface area (Å²) in [4.78, 5) is 42.7. The predicted octanol–water partition coefficient (Wildman–Crippen LogP) is 3.73. The van der Waals surface area contributed by atoms with E-state index in [2.05, 4.69) is 9.69 Å². The van der Waals surface area contributed by atoms with Crippen molar-refractivity contribution in [3.63, 3.8) is 0 Å². The fourth-order valence-electron chi connectivity index (χ4n) is 3.98. The summed E-state index contributed by atoms with van der Waals surface area (Å²) in [5.41, 5.74) is 13.5. The van der Waals surface area contributed by atoms with Crippen LogP contribution in [0.25, 0.3) is 0 Å². The van der Waals surface area contributed by atoms with Crippen LogP contribution in [0.5, 0.6) is 0 Å². The molecule has 0 aliphatic rings. The Labute approximate surface area is 229 Å². The largest absolute Gasteiger partial charge is 0.395 e. The van der Waals surface area contributed by atoms with Crippen molar-refractivity contribution >= 4 is 46.3 Å². The number of nitrogens with one attached hydrogen (secondary N) is 1. The van der Waals surface area contributed by atoms with Gasteiger partial charge in [0, 0.05) is 32.0 Å².